The Bertz CT molecular complexity index is 1480. The van der Waals surface area contributed by atoms with Gasteiger partial charge in [0.05, 0.1) is 41.3 Å². The fourth-order valence-corrected chi connectivity index (χ4v) is 6.95. The molecule has 0 saturated carbocycles. The Labute approximate surface area is 278 Å². The van der Waals surface area contributed by atoms with Crippen molar-refractivity contribution in [1.29, 1.82) is 0 Å². The number of rotatable bonds is 11. The minimum Gasteiger partial charge on any atom is -0.494 e. The van der Waals surface area contributed by atoms with Gasteiger partial charge < -0.3 is 19.4 Å². The zero-order chi connectivity index (χ0) is 35.6. The molecule has 2 saturated heterocycles. The molecular formula is C36H43F6N3O3. The number of urea groups is 1. The lowest BCUT2D eigenvalue weighted by Crippen LogP contribution is -2.57. The lowest BCUT2D eigenvalue weighted by molar-refractivity contribution is -0.143. The van der Waals surface area contributed by atoms with Gasteiger partial charge in [-0.25, -0.2) is 4.79 Å². The van der Waals surface area contributed by atoms with Crippen molar-refractivity contribution in [2.24, 2.45) is 5.41 Å². The predicted octanol–water partition coefficient (Wildman–Crippen LogP) is 9.12. The van der Waals surface area contributed by atoms with Gasteiger partial charge >= 0.3 is 18.4 Å². The fraction of sp³-hybridized carbons (Fsp3) is 0.500. The molecule has 3 atom stereocenters. The molecule has 2 aliphatic rings. The van der Waals surface area contributed by atoms with Crippen LogP contribution < -0.4 is 4.74 Å². The number of fused-ring (bicyclic) bond motifs is 1. The highest BCUT2D eigenvalue weighted by atomic mass is 19.4. The number of ether oxygens (including phenoxy) is 1. The highest BCUT2D eigenvalue weighted by Crippen LogP contribution is 2.50. The van der Waals surface area contributed by atoms with Crippen LogP contribution in [0.4, 0.5) is 31.1 Å². The first-order chi connectivity index (χ1) is 22.5. The van der Waals surface area contributed by atoms with E-state index in [0.717, 1.165) is 28.9 Å². The number of halogens is 6. The zero-order valence-corrected chi connectivity index (χ0v) is 27.8. The van der Waals surface area contributed by atoms with E-state index in [1.165, 1.54) is 14.0 Å². The summed E-state index contributed by atoms with van der Waals surface area (Å²) in [5, 5.41) is 0. The molecule has 2 heterocycles. The lowest BCUT2D eigenvalue weighted by atomic mass is 9.76. The molecule has 262 valence electrons. The van der Waals surface area contributed by atoms with Gasteiger partial charge in [-0.2, -0.15) is 26.3 Å². The molecule has 0 aliphatic carbocycles. The van der Waals surface area contributed by atoms with Gasteiger partial charge in [0.1, 0.15) is 5.75 Å². The van der Waals surface area contributed by atoms with Crippen LogP contribution in [0, 0.1) is 12.3 Å². The summed E-state index contributed by atoms with van der Waals surface area (Å²) in [5.41, 5.74) is -2.42. The van der Waals surface area contributed by atoms with Crippen molar-refractivity contribution < 1.29 is 40.7 Å². The summed E-state index contributed by atoms with van der Waals surface area (Å²) in [6, 6.07) is 4.07. The molecule has 0 unspecified atom stereocenters. The topological polar surface area (TPSA) is 53.1 Å². The van der Waals surface area contributed by atoms with Crippen molar-refractivity contribution in [1.82, 2.24) is 14.7 Å². The van der Waals surface area contributed by atoms with Crippen molar-refractivity contribution in [3.05, 3.63) is 89.5 Å². The summed E-state index contributed by atoms with van der Waals surface area (Å²) in [6.07, 6.45) is -3.61. The van der Waals surface area contributed by atoms with Crippen LogP contribution in [0.3, 0.4) is 0 Å². The number of unbranched alkanes of at least 4 members (excludes halogenated alkanes) is 1. The standard InChI is InChI=1S/C36H43F6N3O3/c1-7-10-17-48-28-11-12-29(23(4)18-28)31-30-22-34(13-8-2,14-9-3)32(46)44(30)15-16-45(31)33(47)43(6)24(5)25-19-26(35(37,38)39)21-27(20-25)36(40,41)42/h8-9,11-12,18-21,24,30-31H,2-3,7,10,13-17,22H2,1,4-6H3/t24-,30+,31+/m1/s1. The van der Waals surface area contributed by atoms with Gasteiger partial charge in [-0.05, 0) is 86.6 Å². The monoisotopic (exact) mass is 679 g/mol. The highest BCUT2D eigenvalue weighted by molar-refractivity contribution is 5.87. The predicted molar refractivity (Wildman–Crippen MR) is 171 cm³/mol. The second-order valence-corrected chi connectivity index (χ2v) is 12.8. The van der Waals surface area contributed by atoms with Gasteiger partial charge in [0, 0.05) is 20.1 Å². The van der Waals surface area contributed by atoms with Crippen molar-refractivity contribution in [2.75, 3.05) is 26.7 Å². The van der Waals surface area contributed by atoms with E-state index in [1.54, 1.807) is 22.0 Å². The molecule has 6 nitrogen and oxygen atoms in total. The second kappa shape index (κ2) is 14.3. The second-order valence-electron chi connectivity index (χ2n) is 12.8. The maximum Gasteiger partial charge on any atom is 0.416 e. The molecule has 2 aromatic carbocycles. The lowest BCUT2D eigenvalue weighted by Gasteiger charge is -2.47. The number of nitrogens with zero attached hydrogens (tertiary/aromatic N) is 3. The van der Waals surface area contributed by atoms with Crippen LogP contribution in [0.5, 0.6) is 5.75 Å². The van der Waals surface area contributed by atoms with Crippen LogP contribution in [0.2, 0.25) is 0 Å². The van der Waals surface area contributed by atoms with Gasteiger partial charge in [0.15, 0.2) is 0 Å². The van der Waals surface area contributed by atoms with Gasteiger partial charge in [-0.1, -0.05) is 31.6 Å². The Morgan fingerprint density at radius 1 is 1.04 bits per heavy atom. The Kier molecular flexibility index (Phi) is 11.0. The van der Waals surface area contributed by atoms with E-state index < -0.39 is 53.1 Å². The third-order valence-electron chi connectivity index (χ3n) is 9.61. The third-order valence-corrected chi connectivity index (χ3v) is 9.61. The number of amides is 3. The zero-order valence-electron chi connectivity index (χ0n) is 27.8. The summed E-state index contributed by atoms with van der Waals surface area (Å²) in [7, 11) is 1.36. The van der Waals surface area contributed by atoms with Crippen molar-refractivity contribution in [3.8, 4) is 5.75 Å². The molecule has 0 N–H and O–H groups in total. The van der Waals surface area contributed by atoms with Gasteiger partial charge in [0.25, 0.3) is 0 Å². The molecular weight excluding hydrogens is 636 g/mol. The Morgan fingerprint density at radius 2 is 1.65 bits per heavy atom. The Hall–Kier alpha value is -3.96. The SMILES string of the molecule is C=CCC1(CC=C)C[C@H]2[C@H](c3ccc(OCCCC)cc3C)N(C(=O)N(C)[C@H](C)c3cc(C(F)(F)F)cc(C(F)(F)F)c3)CCN2C1=O. The first-order valence-electron chi connectivity index (χ1n) is 16.1. The minimum atomic E-state index is -5.03. The molecule has 0 radical (unpaired) electrons. The van der Waals surface area contributed by atoms with Crippen molar-refractivity contribution >= 4 is 11.9 Å². The van der Waals surface area contributed by atoms with E-state index in [2.05, 4.69) is 20.1 Å². The van der Waals surface area contributed by atoms with Crippen LogP contribution in [0.1, 0.15) is 85.9 Å². The first kappa shape index (κ1) is 36.9. The van der Waals surface area contributed by atoms with Crippen LogP contribution in [-0.2, 0) is 17.1 Å². The Balaban J connectivity index is 1.76. The van der Waals surface area contributed by atoms with E-state index in [1.807, 2.05) is 25.1 Å². The molecule has 48 heavy (non-hydrogen) atoms. The van der Waals surface area contributed by atoms with E-state index in [0.29, 0.717) is 43.8 Å². The molecule has 4 rings (SSSR count). The quantitative estimate of drug-likeness (QED) is 0.135. The van der Waals surface area contributed by atoms with Crippen molar-refractivity contribution in [2.45, 2.75) is 83.4 Å². The maximum absolute atomic E-state index is 14.3. The summed E-state index contributed by atoms with van der Waals surface area (Å²) in [4.78, 5) is 32.8. The van der Waals surface area contributed by atoms with E-state index in [4.69, 9.17) is 4.74 Å². The average molecular weight is 680 g/mol. The molecule has 2 aliphatic heterocycles. The van der Waals surface area contributed by atoms with E-state index in [-0.39, 0.29) is 30.6 Å². The van der Waals surface area contributed by atoms with Gasteiger partial charge in [-0.15, -0.1) is 13.2 Å². The molecule has 2 fully saturated rings. The minimum absolute atomic E-state index is 0.0630. The van der Waals surface area contributed by atoms with Gasteiger partial charge in [-0.3, -0.25) is 4.79 Å². The summed E-state index contributed by atoms with van der Waals surface area (Å²) in [5.74, 6) is 0.591. The smallest absolute Gasteiger partial charge is 0.416 e. The van der Waals surface area contributed by atoms with Crippen molar-refractivity contribution in [3.63, 3.8) is 0 Å². The largest absolute Gasteiger partial charge is 0.494 e. The summed E-state index contributed by atoms with van der Waals surface area (Å²) >= 11 is 0. The molecule has 0 aromatic heterocycles. The van der Waals surface area contributed by atoms with Crippen LogP contribution >= 0.6 is 0 Å². The number of alkyl halides is 6. The summed E-state index contributed by atoms with van der Waals surface area (Å²) in [6.45, 7) is 13.9. The molecule has 0 spiro atoms. The van der Waals surface area contributed by atoms with E-state index >= 15 is 0 Å². The number of allylic oxidation sites excluding steroid dienone is 2. The van der Waals surface area contributed by atoms with Crippen LogP contribution in [-0.4, -0.2) is 59.4 Å². The summed E-state index contributed by atoms with van der Waals surface area (Å²) < 4.78 is 87.9. The van der Waals surface area contributed by atoms with E-state index in [9.17, 15) is 35.9 Å². The van der Waals surface area contributed by atoms with Crippen LogP contribution in [0.25, 0.3) is 0 Å². The van der Waals surface area contributed by atoms with Crippen LogP contribution in [0.15, 0.2) is 61.7 Å². The first-order valence-corrected chi connectivity index (χ1v) is 16.1. The molecule has 0 bridgehead atoms. The molecule has 12 heteroatoms. The number of carbonyl (C=O) groups excluding carboxylic acids is 2. The number of piperazine rings is 1. The number of aryl methyl sites for hydroxylation is 1. The highest BCUT2D eigenvalue weighted by Gasteiger charge is 2.56. The third kappa shape index (κ3) is 7.37. The number of hydrogen-bond acceptors (Lipinski definition) is 3. The average Bonchev–Trinajstić information content (AvgIpc) is 3.30. The van der Waals surface area contributed by atoms with Gasteiger partial charge in [0.2, 0.25) is 5.91 Å². The fourth-order valence-electron chi connectivity index (χ4n) is 6.95. The number of benzene rings is 2. The Morgan fingerprint density at radius 3 is 2.17 bits per heavy atom. The molecule has 2 aromatic rings. The normalized spacial score (nSPS) is 19.9. The number of carbonyl (C=O) groups is 2. The number of hydrogen-bond donors (Lipinski definition) is 0. The molecule has 3 amide bonds. The maximum atomic E-state index is 14.3.